The highest BCUT2D eigenvalue weighted by Gasteiger charge is 2.39. The monoisotopic (exact) mass is 452 g/mol. The molecule has 1 fully saturated rings. The van der Waals surface area contributed by atoms with Crippen molar-refractivity contribution >= 4 is 5.95 Å². The summed E-state index contributed by atoms with van der Waals surface area (Å²) in [4.78, 5) is 23.4. The average Bonchev–Trinajstić information content (AvgIpc) is 2.86. The van der Waals surface area contributed by atoms with Gasteiger partial charge in [-0.05, 0) is 42.2 Å². The minimum atomic E-state index is -0.505. The Morgan fingerprint density at radius 2 is 2.03 bits per heavy atom. The maximum Gasteiger partial charge on any atom is 0.255 e. The number of aromatic nitrogens is 3. The van der Waals surface area contributed by atoms with Crippen molar-refractivity contribution in [1.29, 1.82) is 0 Å². The molecular formula is C25H29FN4O3. The number of anilines is 1. The third kappa shape index (κ3) is 4.23. The van der Waals surface area contributed by atoms with Crippen molar-refractivity contribution in [2.45, 2.75) is 38.8 Å². The zero-order valence-corrected chi connectivity index (χ0v) is 19.4. The number of morpholine rings is 1. The summed E-state index contributed by atoms with van der Waals surface area (Å²) in [6, 6.07) is 9.00. The van der Waals surface area contributed by atoms with Crippen LogP contribution in [0, 0.1) is 5.82 Å². The summed E-state index contributed by atoms with van der Waals surface area (Å²) in [5.41, 5.74) is 2.70. The Balaban J connectivity index is 0.00000126. The van der Waals surface area contributed by atoms with Crippen molar-refractivity contribution in [2.75, 3.05) is 25.2 Å². The lowest BCUT2D eigenvalue weighted by Gasteiger charge is -2.45. The number of halogens is 1. The Bertz CT molecular complexity index is 1200. The van der Waals surface area contributed by atoms with Crippen LogP contribution in [0.15, 0.2) is 47.5 Å². The topological polar surface area (TPSA) is 69.5 Å². The van der Waals surface area contributed by atoms with Gasteiger partial charge in [-0.15, -0.1) is 0 Å². The van der Waals surface area contributed by atoms with Gasteiger partial charge in [0.05, 0.1) is 31.6 Å². The van der Waals surface area contributed by atoms with E-state index < -0.39 is 5.82 Å². The summed E-state index contributed by atoms with van der Waals surface area (Å²) in [5.74, 6) is 0.851. The normalized spacial score (nSPS) is 19.1. The van der Waals surface area contributed by atoms with E-state index in [2.05, 4.69) is 22.0 Å². The van der Waals surface area contributed by atoms with Crippen LogP contribution in [-0.2, 0) is 18.2 Å². The van der Waals surface area contributed by atoms with Crippen molar-refractivity contribution in [3.8, 4) is 17.0 Å². The molecule has 174 valence electrons. The van der Waals surface area contributed by atoms with Gasteiger partial charge >= 0.3 is 0 Å². The number of hydrogen-bond acceptors (Lipinski definition) is 6. The molecule has 0 radical (unpaired) electrons. The fourth-order valence-corrected chi connectivity index (χ4v) is 4.58. The third-order valence-electron chi connectivity index (χ3n) is 6.16. The quantitative estimate of drug-likeness (QED) is 0.600. The molecule has 8 heteroatoms. The molecule has 3 heterocycles. The molecule has 2 aliphatic rings. The van der Waals surface area contributed by atoms with Gasteiger partial charge in [0.25, 0.3) is 5.56 Å². The van der Waals surface area contributed by atoms with Crippen molar-refractivity contribution in [3.05, 3.63) is 70.0 Å². The summed E-state index contributed by atoms with van der Waals surface area (Å²) in [6.45, 7) is 5.12. The first kappa shape index (κ1) is 22.9. The number of rotatable bonds is 3. The Morgan fingerprint density at radius 3 is 2.79 bits per heavy atom. The number of hydrogen-bond donors (Lipinski definition) is 0. The Labute approximate surface area is 192 Å². The van der Waals surface area contributed by atoms with Gasteiger partial charge in [-0.3, -0.25) is 14.3 Å². The second-order valence-corrected chi connectivity index (χ2v) is 7.85. The van der Waals surface area contributed by atoms with Crippen LogP contribution < -0.4 is 15.2 Å². The van der Waals surface area contributed by atoms with Gasteiger partial charge in [0.1, 0.15) is 11.9 Å². The van der Waals surface area contributed by atoms with E-state index in [4.69, 9.17) is 14.5 Å². The first-order valence-corrected chi connectivity index (χ1v) is 11.3. The number of ether oxygens (including phenoxy) is 2. The van der Waals surface area contributed by atoms with Gasteiger partial charge in [0, 0.05) is 31.4 Å². The Morgan fingerprint density at radius 1 is 1.21 bits per heavy atom. The molecular weight excluding hydrogens is 423 g/mol. The second-order valence-electron chi connectivity index (χ2n) is 7.85. The lowest BCUT2D eigenvalue weighted by molar-refractivity contribution is 0.00172. The fraction of sp³-hybridized carbons (Fsp3) is 0.400. The molecule has 2 atom stereocenters. The lowest BCUT2D eigenvalue weighted by atomic mass is 9.84. The van der Waals surface area contributed by atoms with Gasteiger partial charge < -0.3 is 14.4 Å². The molecule has 1 unspecified atom stereocenters. The van der Waals surface area contributed by atoms with Crippen molar-refractivity contribution in [3.63, 3.8) is 0 Å². The predicted octanol–water partition coefficient (Wildman–Crippen LogP) is 3.91. The molecule has 0 N–H and O–H groups in total. The van der Waals surface area contributed by atoms with Crippen LogP contribution >= 0.6 is 0 Å². The second kappa shape index (κ2) is 9.70. The largest absolute Gasteiger partial charge is 0.497 e. The molecule has 1 aromatic carbocycles. The van der Waals surface area contributed by atoms with Crippen molar-refractivity contribution < 1.29 is 13.9 Å². The molecule has 33 heavy (non-hydrogen) atoms. The minimum Gasteiger partial charge on any atom is -0.497 e. The molecule has 3 aromatic rings. The Kier molecular flexibility index (Phi) is 6.74. The number of nitrogens with zero attached hydrogens (tertiary/aromatic N) is 4. The summed E-state index contributed by atoms with van der Waals surface area (Å²) < 4.78 is 27.4. The molecule has 2 aromatic heterocycles. The molecule has 1 aliphatic heterocycles. The molecule has 5 rings (SSSR count). The number of aryl methyl sites for hydroxylation is 1. The SMILES string of the molecule is CC.COc1ccc2c(c1)CC[C@H]1C2OCCN1c1nc(-c2ccncc2F)cc(=O)n1C. The molecule has 0 spiro atoms. The summed E-state index contributed by atoms with van der Waals surface area (Å²) >= 11 is 0. The highest BCUT2D eigenvalue weighted by Crippen LogP contribution is 2.40. The van der Waals surface area contributed by atoms with E-state index in [9.17, 15) is 9.18 Å². The Hall–Kier alpha value is -3.26. The maximum atomic E-state index is 14.3. The minimum absolute atomic E-state index is 0.0327. The van der Waals surface area contributed by atoms with Crippen LogP contribution in [0.4, 0.5) is 10.3 Å². The van der Waals surface area contributed by atoms with E-state index in [-0.39, 0.29) is 23.3 Å². The molecule has 0 saturated carbocycles. The zero-order chi connectivity index (χ0) is 23.5. The molecule has 1 saturated heterocycles. The number of methoxy groups -OCH3 is 1. The zero-order valence-electron chi connectivity index (χ0n) is 19.4. The standard InChI is InChI=1S/C23H23FN4O3.C2H6/c1-27-21(29)12-19(17-7-8-25-13-18(17)24)26-23(27)28-9-10-31-22-16-5-4-15(30-2)11-14(16)3-6-20(22)28;1-2/h4-5,7-8,11-13,20,22H,3,6,9-10H2,1-2H3;1-2H3/t20-,22?;/m0./s1. The highest BCUT2D eigenvalue weighted by atomic mass is 19.1. The van der Waals surface area contributed by atoms with Crippen LogP contribution in [0.25, 0.3) is 11.3 Å². The van der Waals surface area contributed by atoms with E-state index in [0.29, 0.717) is 24.8 Å². The highest BCUT2D eigenvalue weighted by molar-refractivity contribution is 5.60. The molecule has 7 nitrogen and oxygen atoms in total. The van der Waals surface area contributed by atoms with Crippen LogP contribution in [0.5, 0.6) is 5.75 Å². The van der Waals surface area contributed by atoms with Crippen LogP contribution in [0.3, 0.4) is 0 Å². The lowest BCUT2D eigenvalue weighted by Crippen LogP contribution is -2.51. The molecule has 0 amide bonds. The van der Waals surface area contributed by atoms with E-state index in [1.54, 1.807) is 14.2 Å². The van der Waals surface area contributed by atoms with Crippen molar-refractivity contribution in [2.24, 2.45) is 7.05 Å². The van der Waals surface area contributed by atoms with Crippen LogP contribution in [-0.4, -0.2) is 40.8 Å². The number of benzene rings is 1. The fourth-order valence-electron chi connectivity index (χ4n) is 4.58. The maximum absolute atomic E-state index is 14.3. The van der Waals surface area contributed by atoms with Crippen LogP contribution in [0.1, 0.15) is 37.5 Å². The molecule has 0 bridgehead atoms. The van der Waals surface area contributed by atoms with E-state index >= 15 is 0 Å². The van der Waals surface area contributed by atoms with Gasteiger partial charge in [-0.1, -0.05) is 19.9 Å². The molecule has 1 aliphatic carbocycles. The summed E-state index contributed by atoms with van der Waals surface area (Å²) in [7, 11) is 3.36. The predicted molar refractivity (Wildman–Crippen MR) is 125 cm³/mol. The summed E-state index contributed by atoms with van der Waals surface area (Å²) in [5, 5.41) is 0. The van der Waals surface area contributed by atoms with E-state index in [1.807, 2.05) is 19.9 Å². The van der Waals surface area contributed by atoms with Crippen molar-refractivity contribution in [1.82, 2.24) is 14.5 Å². The first-order valence-electron chi connectivity index (χ1n) is 11.3. The number of pyridine rings is 1. The van der Waals surface area contributed by atoms with Gasteiger partial charge in [-0.2, -0.15) is 0 Å². The first-order chi connectivity index (χ1) is 16.1. The van der Waals surface area contributed by atoms with E-state index in [0.717, 1.165) is 30.4 Å². The average molecular weight is 453 g/mol. The van der Waals surface area contributed by atoms with Crippen LogP contribution in [0.2, 0.25) is 0 Å². The van der Waals surface area contributed by atoms with Gasteiger partial charge in [0.2, 0.25) is 5.95 Å². The van der Waals surface area contributed by atoms with Gasteiger partial charge in [0.15, 0.2) is 5.82 Å². The number of fused-ring (bicyclic) bond motifs is 3. The smallest absolute Gasteiger partial charge is 0.255 e. The van der Waals surface area contributed by atoms with Gasteiger partial charge in [-0.25, -0.2) is 9.37 Å². The summed E-state index contributed by atoms with van der Waals surface area (Å²) in [6.07, 6.45) is 4.23. The van der Waals surface area contributed by atoms with E-state index in [1.165, 1.54) is 28.5 Å². The third-order valence-corrected chi connectivity index (χ3v) is 6.16.